The first-order chi connectivity index (χ1) is 11.2. The van der Waals surface area contributed by atoms with Gasteiger partial charge >= 0.3 is 11.9 Å². The maximum Gasteiger partial charge on any atom is 0.321 e. The summed E-state index contributed by atoms with van der Waals surface area (Å²) >= 11 is 0. The number of carboxylic acid groups (broad SMARTS) is 2. The highest BCUT2D eigenvalue weighted by molar-refractivity contribution is 5.99. The quantitative estimate of drug-likeness (QED) is 0.337. The molecule has 24 heavy (non-hydrogen) atoms. The van der Waals surface area contributed by atoms with Crippen LogP contribution in [0.2, 0.25) is 0 Å². The Balaban J connectivity index is 5.92. The van der Waals surface area contributed by atoms with Crippen LogP contribution in [-0.2, 0) is 9.59 Å². The summed E-state index contributed by atoms with van der Waals surface area (Å²) < 4.78 is 0. The van der Waals surface area contributed by atoms with E-state index in [-0.39, 0.29) is 11.8 Å². The summed E-state index contributed by atoms with van der Waals surface area (Å²) in [7, 11) is 0. The zero-order valence-corrected chi connectivity index (χ0v) is 16.5. The van der Waals surface area contributed by atoms with Gasteiger partial charge in [0.1, 0.15) is 0 Å². The summed E-state index contributed by atoms with van der Waals surface area (Å²) in [6.07, 6.45) is 7.63. The van der Waals surface area contributed by atoms with Gasteiger partial charge in [-0.15, -0.1) is 0 Å². The topological polar surface area (TPSA) is 74.6 Å². The molecule has 4 nitrogen and oxygen atoms in total. The van der Waals surface area contributed by atoms with E-state index in [0.29, 0.717) is 6.42 Å². The van der Waals surface area contributed by atoms with Crippen LogP contribution in [0.5, 0.6) is 0 Å². The molecular formula is C20H38O4. The van der Waals surface area contributed by atoms with Gasteiger partial charge in [0.05, 0.1) is 0 Å². The number of hydrogen-bond acceptors (Lipinski definition) is 2. The highest BCUT2D eigenvalue weighted by atomic mass is 16.4. The molecule has 2 atom stereocenters. The van der Waals surface area contributed by atoms with Gasteiger partial charge in [-0.3, -0.25) is 9.59 Å². The maximum atomic E-state index is 12.1. The van der Waals surface area contributed by atoms with E-state index in [1.54, 1.807) is 0 Å². The summed E-state index contributed by atoms with van der Waals surface area (Å²) in [5, 5.41) is 19.8. The van der Waals surface area contributed by atoms with Gasteiger partial charge in [-0.1, -0.05) is 79.6 Å². The Hall–Kier alpha value is -1.06. The van der Waals surface area contributed by atoms with E-state index in [9.17, 15) is 19.8 Å². The maximum absolute atomic E-state index is 12.1. The van der Waals surface area contributed by atoms with Crippen LogP contribution in [0.25, 0.3) is 0 Å². The number of hydrogen-bond donors (Lipinski definition) is 2. The Kier molecular flexibility index (Phi) is 9.61. The second-order valence-corrected chi connectivity index (χ2v) is 7.56. The normalized spacial score (nSPS) is 17.1. The smallest absolute Gasteiger partial charge is 0.321 e. The van der Waals surface area contributed by atoms with Gasteiger partial charge in [0.2, 0.25) is 0 Å². The van der Waals surface area contributed by atoms with Crippen LogP contribution >= 0.6 is 0 Å². The number of aliphatic carboxylic acids is 2. The van der Waals surface area contributed by atoms with Crippen LogP contribution in [0.4, 0.5) is 0 Å². The SMILES string of the molecule is CCCCCCCC(C(C)CC)(C(C)CC)C(C)(C(=O)O)C(=O)O. The molecule has 0 aliphatic rings. The first kappa shape index (κ1) is 22.9. The van der Waals surface area contributed by atoms with Gasteiger partial charge in [0.15, 0.2) is 5.41 Å². The Morgan fingerprint density at radius 1 is 0.833 bits per heavy atom. The van der Waals surface area contributed by atoms with Gasteiger partial charge in [-0.05, 0) is 25.2 Å². The van der Waals surface area contributed by atoms with Crippen molar-refractivity contribution in [3.8, 4) is 0 Å². The second kappa shape index (κ2) is 10.0. The highest BCUT2D eigenvalue weighted by Crippen LogP contribution is 2.56. The van der Waals surface area contributed by atoms with Crippen molar-refractivity contribution in [3.05, 3.63) is 0 Å². The van der Waals surface area contributed by atoms with E-state index in [1.165, 1.54) is 13.3 Å². The Labute approximate surface area is 148 Å². The van der Waals surface area contributed by atoms with Gasteiger partial charge in [-0.2, -0.15) is 0 Å². The zero-order valence-electron chi connectivity index (χ0n) is 16.5. The number of carboxylic acids is 2. The van der Waals surface area contributed by atoms with Crippen molar-refractivity contribution < 1.29 is 19.8 Å². The van der Waals surface area contributed by atoms with E-state index in [2.05, 4.69) is 6.92 Å². The van der Waals surface area contributed by atoms with Crippen molar-refractivity contribution in [1.82, 2.24) is 0 Å². The first-order valence-corrected chi connectivity index (χ1v) is 9.63. The second-order valence-electron chi connectivity index (χ2n) is 7.56. The lowest BCUT2D eigenvalue weighted by molar-refractivity contribution is -0.185. The largest absolute Gasteiger partial charge is 0.480 e. The molecule has 0 saturated heterocycles. The van der Waals surface area contributed by atoms with E-state index < -0.39 is 22.8 Å². The van der Waals surface area contributed by atoms with Crippen molar-refractivity contribution in [2.75, 3.05) is 0 Å². The molecule has 0 aromatic carbocycles. The summed E-state index contributed by atoms with van der Waals surface area (Å²) in [5.41, 5.74) is -2.50. The highest BCUT2D eigenvalue weighted by Gasteiger charge is 2.62. The van der Waals surface area contributed by atoms with Crippen molar-refractivity contribution >= 4 is 11.9 Å². The van der Waals surface area contributed by atoms with E-state index in [1.807, 2.05) is 27.7 Å². The van der Waals surface area contributed by atoms with Gasteiger partial charge in [-0.25, -0.2) is 0 Å². The third-order valence-corrected chi connectivity index (χ3v) is 6.46. The van der Waals surface area contributed by atoms with E-state index in [0.717, 1.165) is 38.5 Å². The van der Waals surface area contributed by atoms with Crippen LogP contribution < -0.4 is 0 Å². The van der Waals surface area contributed by atoms with E-state index >= 15 is 0 Å². The molecular weight excluding hydrogens is 304 g/mol. The van der Waals surface area contributed by atoms with Crippen molar-refractivity contribution in [2.45, 2.75) is 92.9 Å². The molecule has 0 radical (unpaired) electrons. The minimum atomic E-state index is -1.76. The summed E-state index contributed by atoms with van der Waals surface area (Å²) in [6, 6.07) is 0. The van der Waals surface area contributed by atoms with E-state index in [4.69, 9.17) is 0 Å². The molecule has 2 N–H and O–H groups in total. The summed E-state index contributed by atoms with van der Waals surface area (Å²) in [4.78, 5) is 24.2. The fourth-order valence-electron chi connectivity index (χ4n) is 4.45. The van der Waals surface area contributed by atoms with Gasteiger partial charge in [0.25, 0.3) is 0 Å². The third kappa shape index (κ3) is 4.31. The third-order valence-electron chi connectivity index (χ3n) is 6.46. The predicted molar refractivity (Wildman–Crippen MR) is 98.1 cm³/mol. The molecule has 2 unspecified atom stereocenters. The monoisotopic (exact) mass is 342 g/mol. The first-order valence-electron chi connectivity index (χ1n) is 9.63. The van der Waals surface area contributed by atoms with Gasteiger partial charge in [0, 0.05) is 5.41 Å². The van der Waals surface area contributed by atoms with Gasteiger partial charge < -0.3 is 10.2 Å². The molecule has 0 fully saturated rings. The van der Waals surface area contributed by atoms with Crippen LogP contribution in [0.15, 0.2) is 0 Å². The Bertz CT molecular complexity index is 378. The summed E-state index contributed by atoms with van der Waals surface area (Å²) in [5.74, 6) is -2.33. The van der Waals surface area contributed by atoms with Crippen LogP contribution in [0.3, 0.4) is 0 Å². The van der Waals surface area contributed by atoms with Crippen molar-refractivity contribution in [2.24, 2.45) is 22.7 Å². The van der Waals surface area contributed by atoms with Crippen LogP contribution in [0, 0.1) is 22.7 Å². The number of carbonyl (C=O) groups is 2. The standard InChI is InChI=1S/C20H38O4/c1-7-10-11-12-13-14-20(15(4)8-2,16(5)9-3)19(6,17(21)22)18(23)24/h15-16H,7-14H2,1-6H3,(H,21,22)(H,23,24). The molecule has 0 rings (SSSR count). The van der Waals surface area contributed by atoms with Crippen molar-refractivity contribution in [1.29, 1.82) is 0 Å². The molecule has 0 aliphatic heterocycles. The van der Waals surface area contributed by atoms with Crippen LogP contribution in [-0.4, -0.2) is 22.2 Å². The molecule has 0 aromatic heterocycles. The molecule has 0 spiro atoms. The molecule has 0 saturated carbocycles. The molecule has 0 heterocycles. The number of rotatable bonds is 13. The molecule has 0 aliphatic carbocycles. The fraction of sp³-hybridized carbons (Fsp3) is 0.900. The van der Waals surface area contributed by atoms with Crippen LogP contribution in [0.1, 0.15) is 92.9 Å². The minimum Gasteiger partial charge on any atom is -0.480 e. The lowest BCUT2D eigenvalue weighted by Gasteiger charge is -2.51. The Morgan fingerprint density at radius 3 is 1.58 bits per heavy atom. The Morgan fingerprint density at radius 2 is 1.25 bits per heavy atom. The average Bonchev–Trinajstić information content (AvgIpc) is 2.55. The molecule has 4 heteroatoms. The molecule has 142 valence electrons. The summed E-state index contributed by atoms with van der Waals surface area (Å²) in [6.45, 7) is 11.7. The molecule has 0 bridgehead atoms. The number of unbranched alkanes of at least 4 members (excludes halogenated alkanes) is 4. The lowest BCUT2D eigenvalue weighted by Crippen LogP contribution is -2.57. The zero-order chi connectivity index (χ0) is 19.0. The predicted octanol–water partition coefficient (Wildman–Crippen LogP) is 5.60. The minimum absolute atomic E-state index is 0.0378. The lowest BCUT2D eigenvalue weighted by atomic mass is 9.50. The fourth-order valence-corrected chi connectivity index (χ4v) is 4.45. The molecule has 0 amide bonds. The molecule has 0 aromatic rings. The average molecular weight is 343 g/mol. The van der Waals surface area contributed by atoms with Crippen molar-refractivity contribution in [3.63, 3.8) is 0 Å².